The predicted octanol–water partition coefficient (Wildman–Crippen LogP) is 0.572. The molecule has 3 aromatic rings. The van der Waals surface area contributed by atoms with Gasteiger partial charge in [-0.1, -0.05) is 6.07 Å². The molecule has 2 aliphatic rings. The van der Waals surface area contributed by atoms with Crippen molar-refractivity contribution < 1.29 is 24.7 Å². The Hall–Kier alpha value is -3.48. The number of nitro benzene ring substituents is 1. The normalized spacial score (nSPS) is 25.2. The van der Waals surface area contributed by atoms with E-state index < -0.39 is 29.5 Å². The highest BCUT2D eigenvalue weighted by Crippen LogP contribution is 2.32. The molecule has 5 rings (SSSR count). The van der Waals surface area contributed by atoms with Gasteiger partial charge in [-0.2, -0.15) is 0 Å². The van der Waals surface area contributed by atoms with Crippen molar-refractivity contribution in [2.75, 3.05) is 6.54 Å². The molecule has 12 heteroatoms. The van der Waals surface area contributed by atoms with Crippen molar-refractivity contribution >= 4 is 22.8 Å². The van der Waals surface area contributed by atoms with E-state index in [9.17, 15) is 25.1 Å². The van der Waals surface area contributed by atoms with E-state index in [0.717, 1.165) is 11.1 Å². The molecule has 2 N–H and O–H groups in total. The van der Waals surface area contributed by atoms with Gasteiger partial charge >= 0.3 is 0 Å². The lowest BCUT2D eigenvalue weighted by Gasteiger charge is -2.28. The zero-order valence-corrected chi connectivity index (χ0v) is 17.0. The third-order valence-electron chi connectivity index (χ3n) is 6.01. The van der Waals surface area contributed by atoms with Crippen LogP contribution in [0.25, 0.3) is 11.2 Å². The summed E-state index contributed by atoms with van der Waals surface area (Å²) in [5, 5.41) is 31.4. The van der Waals surface area contributed by atoms with Crippen LogP contribution in [0.4, 0.5) is 5.69 Å². The van der Waals surface area contributed by atoms with Crippen LogP contribution in [0.5, 0.6) is 0 Å². The second kappa shape index (κ2) is 7.58. The number of aliphatic hydroxyl groups excluding tert-OH is 2. The van der Waals surface area contributed by atoms with Gasteiger partial charge in [0.1, 0.15) is 24.1 Å². The van der Waals surface area contributed by atoms with Crippen LogP contribution in [0.15, 0.2) is 30.9 Å². The first kappa shape index (κ1) is 20.4. The number of amides is 1. The number of rotatable bonds is 3. The van der Waals surface area contributed by atoms with Gasteiger partial charge < -0.3 is 19.8 Å². The van der Waals surface area contributed by atoms with Gasteiger partial charge in [-0.25, -0.2) is 15.0 Å². The zero-order chi connectivity index (χ0) is 22.6. The zero-order valence-electron chi connectivity index (χ0n) is 17.0. The maximum Gasteiger partial charge on any atom is 0.275 e. The minimum Gasteiger partial charge on any atom is -0.388 e. The maximum atomic E-state index is 13.3. The summed E-state index contributed by atoms with van der Waals surface area (Å²) in [4.78, 5) is 38.1. The Labute approximate surface area is 181 Å². The summed E-state index contributed by atoms with van der Waals surface area (Å²) in [6.45, 7) is 2.30. The van der Waals surface area contributed by atoms with Crippen LogP contribution in [0.3, 0.4) is 0 Å². The fourth-order valence-corrected chi connectivity index (χ4v) is 4.23. The molecule has 2 aromatic heterocycles. The van der Waals surface area contributed by atoms with E-state index >= 15 is 0 Å². The number of aromatic nitrogens is 4. The summed E-state index contributed by atoms with van der Waals surface area (Å²) >= 11 is 0. The van der Waals surface area contributed by atoms with Crippen molar-refractivity contribution in [3.05, 3.63) is 57.8 Å². The topological polar surface area (TPSA) is 157 Å². The molecule has 0 saturated carbocycles. The van der Waals surface area contributed by atoms with Gasteiger partial charge in [0.25, 0.3) is 11.6 Å². The number of ether oxygens (including phenoxy) is 1. The van der Waals surface area contributed by atoms with E-state index in [1.807, 2.05) is 0 Å². The van der Waals surface area contributed by atoms with E-state index in [-0.39, 0.29) is 29.3 Å². The van der Waals surface area contributed by atoms with Crippen LogP contribution >= 0.6 is 0 Å². The number of aliphatic hydroxyl groups is 2. The van der Waals surface area contributed by atoms with Crippen molar-refractivity contribution in [2.24, 2.45) is 0 Å². The number of hydrogen-bond acceptors (Lipinski definition) is 9. The molecule has 4 heterocycles. The summed E-state index contributed by atoms with van der Waals surface area (Å²) in [5.74, 6) is -0.374. The lowest BCUT2D eigenvalue weighted by atomic mass is 9.99. The Morgan fingerprint density at radius 3 is 2.75 bits per heavy atom. The number of carbonyl (C=O) groups is 1. The maximum absolute atomic E-state index is 13.3. The molecule has 0 radical (unpaired) electrons. The quantitative estimate of drug-likeness (QED) is 0.439. The van der Waals surface area contributed by atoms with Gasteiger partial charge in [-0.05, 0) is 24.5 Å². The van der Waals surface area contributed by atoms with Gasteiger partial charge in [-0.15, -0.1) is 0 Å². The number of benzene rings is 1. The fraction of sp³-hybridized carbons (Fsp3) is 0.400. The molecule has 0 bridgehead atoms. The van der Waals surface area contributed by atoms with Crippen LogP contribution in [-0.4, -0.2) is 70.3 Å². The first-order valence-corrected chi connectivity index (χ1v) is 10.1. The summed E-state index contributed by atoms with van der Waals surface area (Å²) < 4.78 is 7.11. The lowest BCUT2D eigenvalue weighted by Crippen LogP contribution is -2.36. The molecule has 12 nitrogen and oxygen atoms in total. The summed E-state index contributed by atoms with van der Waals surface area (Å²) in [7, 11) is 0. The Balaban J connectivity index is 1.46. The Bertz CT molecular complexity index is 1230. The monoisotopic (exact) mass is 440 g/mol. The van der Waals surface area contributed by atoms with Crippen LogP contribution in [0.2, 0.25) is 0 Å². The highest BCUT2D eigenvalue weighted by atomic mass is 16.6. The fourth-order valence-electron chi connectivity index (χ4n) is 4.23. The molecule has 1 fully saturated rings. The molecule has 0 unspecified atom stereocenters. The molecular formula is C20H20N6O6. The van der Waals surface area contributed by atoms with Crippen LogP contribution in [0.1, 0.15) is 34.8 Å². The Morgan fingerprint density at radius 1 is 1.22 bits per heavy atom. The molecule has 2 aliphatic heterocycles. The Morgan fingerprint density at radius 2 is 2.03 bits per heavy atom. The number of imidazole rings is 1. The number of nitro groups is 1. The number of hydrogen-bond donors (Lipinski definition) is 2. The SMILES string of the molecule is C[C@H]1O[C@@H](n2cnc3c(C(=O)N4CCc5ccc([N+](=O)[O-])cc5C4)ncnc32)[C@H](O)[C@@H]1O. The van der Waals surface area contributed by atoms with E-state index in [0.29, 0.717) is 18.6 Å². The number of fused-ring (bicyclic) bond motifs is 2. The van der Waals surface area contributed by atoms with Crippen LogP contribution in [0, 0.1) is 10.1 Å². The van der Waals surface area contributed by atoms with Crippen molar-refractivity contribution in [3.63, 3.8) is 0 Å². The van der Waals surface area contributed by atoms with Crippen LogP contribution < -0.4 is 0 Å². The third-order valence-corrected chi connectivity index (χ3v) is 6.01. The molecule has 4 atom stereocenters. The minimum atomic E-state index is -1.18. The van der Waals surface area contributed by atoms with Gasteiger partial charge in [0.15, 0.2) is 17.6 Å². The molecule has 1 saturated heterocycles. The lowest BCUT2D eigenvalue weighted by molar-refractivity contribution is -0.385. The third kappa shape index (κ3) is 3.20. The van der Waals surface area contributed by atoms with Crippen molar-refractivity contribution in [2.45, 2.75) is 44.4 Å². The summed E-state index contributed by atoms with van der Waals surface area (Å²) in [6, 6.07) is 4.68. The average molecular weight is 440 g/mol. The summed E-state index contributed by atoms with van der Waals surface area (Å²) in [5.41, 5.74) is 2.29. The number of carbonyl (C=O) groups excluding carboxylic acids is 1. The molecule has 32 heavy (non-hydrogen) atoms. The van der Waals surface area contributed by atoms with Crippen molar-refractivity contribution in [1.82, 2.24) is 24.4 Å². The molecule has 0 aliphatic carbocycles. The van der Waals surface area contributed by atoms with Crippen molar-refractivity contribution in [3.8, 4) is 0 Å². The van der Waals surface area contributed by atoms with Gasteiger partial charge in [0.05, 0.1) is 17.4 Å². The highest BCUT2D eigenvalue weighted by Gasteiger charge is 2.42. The molecule has 166 valence electrons. The average Bonchev–Trinajstić information content (AvgIpc) is 3.34. The summed E-state index contributed by atoms with van der Waals surface area (Å²) in [6.07, 6.45) is -0.511. The smallest absolute Gasteiger partial charge is 0.275 e. The second-order valence-corrected chi connectivity index (χ2v) is 7.95. The van der Waals surface area contributed by atoms with E-state index in [1.54, 1.807) is 17.9 Å². The minimum absolute atomic E-state index is 0.0206. The largest absolute Gasteiger partial charge is 0.388 e. The van der Waals surface area contributed by atoms with Gasteiger partial charge in [0, 0.05) is 25.2 Å². The van der Waals surface area contributed by atoms with Crippen LogP contribution in [-0.2, 0) is 17.7 Å². The molecule has 1 amide bonds. The first-order chi connectivity index (χ1) is 15.3. The number of nitrogens with zero attached hydrogens (tertiary/aromatic N) is 6. The van der Waals surface area contributed by atoms with Gasteiger partial charge in [-0.3, -0.25) is 19.5 Å². The van der Waals surface area contributed by atoms with Gasteiger partial charge in [0.2, 0.25) is 0 Å². The molecular weight excluding hydrogens is 420 g/mol. The van der Waals surface area contributed by atoms with Crippen molar-refractivity contribution in [1.29, 1.82) is 0 Å². The van der Waals surface area contributed by atoms with E-state index in [2.05, 4.69) is 15.0 Å². The first-order valence-electron chi connectivity index (χ1n) is 10.1. The van der Waals surface area contributed by atoms with E-state index in [1.165, 1.54) is 29.4 Å². The molecule has 0 spiro atoms. The highest BCUT2D eigenvalue weighted by molar-refractivity contribution is 6.02. The predicted molar refractivity (Wildman–Crippen MR) is 108 cm³/mol. The Kier molecular flexibility index (Phi) is 4.84. The van der Waals surface area contributed by atoms with E-state index in [4.69, 9.17) is 4.74 Å². The standard InChI is InChI=1S/C20H20N6O6/c1-10-16(27)17(28)20(32-10)25-9-23-14-15(21-8-22-18(14)25)19(29)24-5-4-11-2-3-13(26(30)31)6-12(11)7-24/h2-3,6,8-10,16-17,20,27-28H,4-5,7H2,1H3/t10-,16-,17-,20-/m1/s1. The second-order valence-electron chi connectivity index (χ2n) is 7.95. The molecule has 1 aromatic carbocycles. The number of non-ortho nitro benzene ring substituents is 1.